The van der Waals surface area contributed by atoms with Crippen LogP contribution in [0.25, 0.3) is 0 Å². The smallest absolute Gasteiger partial charge is 0.460 e. The Morgan fingerprint density at radius 1 is 1.53 bits per heavy atom. The standard InChI is InChI=1S/C8H15O6P/c1-4-7(14-15(10,11)12)5-13-8(9)6(2)3/h7H,2,4-5H2,1,3H3,(H2,10,11,12). The van der Waals surface area contributed by atoms with Gasteiger partial charge in [0.15, 0.2) is 0 Å². The topological polar surface area (TPSA) is 93.1 Å². The monoisotopic (exact) mass is 238 g/mol. The molecule has 0 rings (SSSR count). The Kier molecular flexibility index (Phi) is 5.75. The molecule has 0 aliphatic rings. The molecule has 0 aromatic heterocycles. The van der Waals surface area contributed by atoms with E-state index in [-0.39, 0.29) is 12.2 Å². The quantitative estimate of drug-likeness (QED) is 0.407. The first-order valence-corrected chi connectivity index (χ1v) is 5.86. The Labute approximate surface area is 88.1 Å². The number of rotatable bonds is 6. The van der Waals surface area contributed by atoms with Crippen LogP contribution >= 0.6 is 7.82 Å². The average Bonchev–Trinajstić information content (AvgIpc) is 2.09. The van der Waals surface area contributed by atoms with Crippen molar-refractivity contribution >= 4 is 13.8 Å². The third kappa shape index (κ3) is 7.27. The zero-order valence-electron chi connectivity index (χ0n) is 8.67. The second kappa shape index (κ2) is 6.02. The van der Waals surface area contributed by atoms with Gasteiger partial charge in [0.2, 0.25) is 0 Å². The van der Waals surface area contributed by atoms with Crippen LogP contribution in [0.2, 0.25) is 0 Å². The van der Waals surface area contributed by atoms with Gasteiger partial charge in [0.1, 0.15) is 12.7 Å². The molecular formula is C8H15O6P. The maximum absolute atomic E-state index is 11.0. The third-order valence-corrected chi connectivity index (χ3v) is 2.06. The Balaban J connectivity index is 4.07. The molecule has 0 amide bonds. The highest BCUT2D eigenvalue weighted by molar-refractivity contribution is 7.46. The van der Waals surface area contributed by atoms with E-state index < -0.39 is 19.9 Å². The molecule has 0 bridgehead atoms. The molecule has 0 aliphatic heterocycles. The average molecular weight is 238 g/mol. The Morgan fingerprint density at radius 3 is 2.40 bits per heavy atom. The van der Waals surface area contributed by atoms with Crippen molar-refractivity contribution in [2.24, 2.45) is 0 Å². The van der Waals surface area contributed by atoms with Gasteiger partial charge >= 0.3 is 13.8 Å². The molecule has 0 fully saturated rings. The first-order valence-electron chi connectivity index (χ1n) is 4.32. The van der Waals surface area contributed by atoms with Gasteiger partial charge < -0.3 is 14.5 Å². The van der Waals surface area contributed by atoms with Crippen LogP contribution in [0.5, 0.6) is 0 Å². The summed E-state index contributed by atoms with van der Waals surface area (Å²) >= 11 is 0. The van der Waals surface area contributed by atoms with Crippen molar-refractivity contribution in [2.45, 2.75) is 26.4 Å². The maximum Gasteiger partial charge on any atom is 0.469 e. The fourth-order valence-corrected chi connectivity index (χ4v) is 1.31. The van der Waals surface area contributed by atoms with Crippen molar-refractivity contribution in [3.8, 4) is 0 Å². The van der Waals surface area contributed by atoms with Gasteiger partial charge in [0, 0.05) is 5.57 Å². The molecule has 0 aliphatic carbocycles. The predicted molar refractivity (Wildman–Crippen MR) is 53.0 cm³/mol. The minimum atomic E-state index is -4.54. The van der Waals surface area contributed by atoms with Crippen molar-refractivity contribution in [1.29, 1.82) is 0 Å². The van der Waals surface area contributed by atoms with Crippen LogP contribution in [-0.4, -0.2) is 28.5 Å². The predicted octanol–water partition coefficient (Wildman–Crippen LogP) is 0.994. The Hall–Kier alpha value is -0.680. The van der Waals surface area contributed by atoms with Crippen molar-refractivity contribution in [1.82, 2.24) is 0 Å². The summed E-state index contributed by atoms with van der Waals surface area (Å²) in [6.07, 6.45) is -0.483. The molecule has 6 nitrogen and oxygen atoms in total. The summed E-state index contributed by atoms with van der Waals surface area (Å²) in [7, 11) is -4.54. The molecule has 0 saturated heterocycles. The molecule has 0 saturated carbocycles. The van der Waals surface area contributed by atoms with E-state index in [0.717, 1.165) is 0 Å². The summed E-state index contributed by atoms with van der Waals surface area (Å²) in [6, 6.07) is 0. The maximum atomic E-state index is 11.0. The Morgan fingerprint density at radius 2 is 2.07 bits per heavy atom. The first kappa shape index (κ1) is 14.3. The zero-order valence-corrected chi connectivity index (χ0v) is 9.57. The fourth-order valence-electron chi connectivity index (χ4n) is 0.709. The van der Waals surface area contributed by atoms with Crippen molar-refractivity contribution in [3.05, 3.63) is 12.2 Å². The van der Waals surface area contributed by atoms with Gasteiger partial charge in [-0.25, -0.2) is 9.36 Å². The SMILES string of the molecule is C=C(C)C(=O)OCC(CC)OP(=O)(O)O. The minimum absolute atomic E-state index is 0.201. The van der Waals surface area contributed by atoms with Crippen LogP contribution in [-0.2, 0) is 18.6 Å². The van der Waals surface area contributed by atoms with Gasteiger partial charge in [-0.05, 0) is 13.3 Å². The van der Waals surface area contributed by atoms with Gasteiger partial charge in [-0.15, -0.1) is 0 Å². The van der Waals surface area contributed by atoms with E-state index in [1.807, 2.05) is 0 Å². The van der Waals surface area contributed by atoms with Crippen molar-refractivity contribution in [3.63, 3.8) is 0 Å². The Bertz CT molecular complexity index is 281. The third-order valence-electron chi connectivity index (χ3n) is 1.49. The van der Waals surface area contributed by atoms with Crippen LogP contribution in [0.1, 0.15) is 20.3 Å². The van der Waals surface area contributed by atoms with Crippen LogP contribution in [0.4, 0.5) is 0 Å². The lowest BCUT2D eigenvalue weighted by molar-refractivity contribution is -0.141. The molecule has 88 valence electrons. The van der Waals surface area contributed by atoms with Crippen LogP contribution < -0.4 is 0 Å². The van der Waals surface area contributed by atoms with Crippen LogP contribution in [0, 0.1) is 0 Å². The first-order chi connectivity index (χ1) is 6.76. The number of carbonyl (C=O) groups is 1. The number of carbonyl (C=O) groups excluding carboxylic acids is 1. The summed E-state index contributed by atoms with van der Waals surface area (Å²) in [5.74, 6) is -0.609. The van der Waals surface area contributed by atoms with E-state index in [2.05, 4.69) is 11.1 Å². The fraction of sp³-hybridized carbons (Fsp3) is 0.625. The molecule has 0 radical (unpaired) electrons. The number of phosphoric ester groups is 1. The van der Waals surface area contributed by atoms with Crippen molar-refractivity contribution in [2.75, 3.05) is 6.61 Å². The van der Waals surface area contributed by atoms with Crippen molar-refractivity contribution < 1.29 is 28.4 Å². The molecule has 7 heteroatoms. The largest absolute Gasteiger partial charge is 0.469 e. The van der Waals surface area contributed by atoms with Crippen LogP contribution in [0.15, 0.2) is 12.2 Å². The van der Waals surface area contributed by atoms with Gasteiger partial charge in [-0.1, -0.05) is 13.5 Å². The number of hydrogen-bond donors (Lipinski definition) is 2. The normalized spacial score (nSPS) is 13.3. The van der Waals surface area contributed by atoms with E-state index in [1.165, 1.54) is 6.92 Å². The van der Waals surface area contributed by atoms with E-state index in [0.29, 0.717) is 6.42 Å². The summed E-state index contributed by atoms with van der Waals surface area (Å²) < 4.78 is 19.6. The molecule has 0 heterocycles. The van der Waals surface area contributed by atoms with E-state index in [1.54, 1.807) is 6.92 Å². The molecule has 2 N–H and O–H groups in total. The van der Waals surface area contributed by atoms with Gasteiger partial charge in [0.05, 0.1) is 0 Å². The highest BCUT2D eigenvalue weighted by atomic mass is 31.2. The second-order valence-corrected chi connectivity index (χ2v) is 4.20. The summed E-state index contributed by atoms with van der Waals surface area (Å²) in [4.78, 5) is 28.0. The highest BCUT2D eigenvalue weighted by Gasteiger charge is 2.22. The molecule has 0 aromatic carbocycles. The molecule has 0 aromatic rings. The van der Waals surface area contributed by atoms with Crippen LogP contribution in [0.3, 0.4) is 0 Å². The number of esters is 1. The molecular weight excluding hydrogens is 223 g/mol. The van der Waals surface area contributed by atoms with E-state index in [4.69, 9.17) is 14.5 Å². The van der Waals surface area contributed by atoms with E-state index >= 15 is 0 Å². The molecule has 0 spiro atoms. The molecule has 1 unspecified atom stereocenters. The lowest BCUT2D eigenvalue weighted by atomic mass is 10.3. The van der Waals surface area contributed by atoms with E-state index in [9.17, 15) is 9.36 Å². The lowest BCUT2D eigenvalue weighted by Crippen LogP contribution is -2.20. The molecule has 15 heavy (non-hydrogen) atoms. The van der Waals surface area contributed by atoms with Gasteiger partial charge in [-0.2, -0.15) is 0 Å². The minimum Gasteiger partial charge on any atom is -0.460 e. The number of phosphoric acid groups is 1. The summed E-state index contributed by atoms with van der Waals surface area (Å²) in [5.41, 5.74) is 0.223. The van der Waals surface area contributed by atoms with Gasteiger partial charge in [-0.3, -0.25) is 4.52 Å². The second-order valence-electron chi connectivity index (χ2n) is 3.01. The highest BCUT2D eigenvalue weighted by Crippen LogP contribution is 2.38. The van der Waals surface area contributed by atoms with Gasteiger partial charge in [0.25, 0.3) is 0 Å². The summed E-state index contributed by atoms with van der Waals surface area (Å²) in [5, 5.41) is 0. The summed E-state index contributed by atoms with van der Waals surface area (Å²) in [6.45, 7) is 6.30. The number of ether oxygens (including phenoxy) is 1. The lowest BCUT2D eigenvalue weighted by Gasteiger charge is -2.16. The zero-order chi connectivity index (χ0) is 12.1. The number of hydrogen-bond acceptors (Lipinski definition) is 4. The molecule has 1 atom stereocenters.